The van der Waals surface area contributed by atoms with E-state index in [1.165, 1.54) is 0 Å². The average Bonchev–Trinajstić information content (AvgIpc) is 3.04. The van der Waals surface area contributed by atoms with Crippen LogP contribution in [0.5, 0.6) is 0 Å². The first-order valence-electron chi connectivity index (χ1n) is 9.63. The minimum Gasteiger partial charge on any atom is -0.374 e. The van der Waals surface area contributed by atoms with Gasteiger partial charge in [-0.05, 0) is 12.3 Å². The zero-order valence-electron chi connectivity index (χ0n) is 15.9. The van der Waals surface area contributed by atoms with Gasteiger partial charge in [-0.15, -0.1) is 11.3 Å². The monoisotopic (exact) mass is 381 g/mol. The Morgan fingerprint density at radius 1 is 1.35 bits per heavy atom. The third-order valence-corrected chi connectivity index (χ3v) is 5.63. The van der Waals surface area contributed by atoms with E-state index >= 15 is 0 Å². The third-order valence-electron chi connectivity index (χ3n) is 4.80. The van der Waals surface area contributed by atoms with Gasteiger partial charge in [0.05, 0.1) is 12.7 Å². The maximum absolute atomic E-state index is 12.6. The number of hydrogen-bond donors (Lipinski definition) is 1. The molecular weight excluding hydrogens is 350 g/mol. The van der Waals surface area contributed by atoms with Gasteiger partial charge in [0.2, 0.25) is 0 Å². The van der Waals surface area contributed by atoms with E-state index in [4.69, 9.17) is 4.74 Å². The van der Waals surface area contributed by atoms with Crippen LogP contribution in [0.25, 0.3) is 0 Å². The molecular formula is C18H31N5O2S. The lowest BCUT2D eigenvalue weighted by Gasteiger charge is -2.34. The Bertz CT molecular complexity index is 554. The molecule has 2 amide bonds. The minimum absolute atomic E-state index is 0.0237. The van der Waals surface area contributed by atoms with Crippen molar-refractivity contribution >= 4 is 22.5 Å². The Balaban J connectivity index is 1.42. The number of carbonyl (C=O) groups excluding carboxylic acids is 1. The van der Waals surface area contributed by atoms with E-state index in [9.17, 15) is 4.79 Å². The average molecular weight is 382 g/mol. The molecule has 0 spiro atoms. The lowest BCUT2D eigenvalue weighted by molar-refractivity contribution is -0.0293. The lowest BCUT2D eigenvalue weighted by atomic mass is 10.2. The van der Waals surface area contributed by atoms with Gasteiger partial charge in [0.1, 0.15) is 0 Å². The Morgan fingerprint density at radius 2 is 2.23 bits per heavy atom. The molecule has 0 bridgehead atoms. The maximum Gasteiger partial charge on any atom is 0.317 e. The molecule has 2 saturated heterocycles. The largest absolute Gasteiger partial charge is 0.374 e. The maximum atomic E-state index is 12.6. The minimum atomic E-state index is 0.0237. The lowest BCUT2D eigenvalue weighted by Crippen LogP contribution is -2.50. The van der Waals surface area contributed by atoms with Crippen LogP contribution in [0.3, 0.4) is 0 Å². The van der Waals surface area contributed by atoms with E-state index < -0.39 is 0 Å². The smallest absolute Gasteiger partial charge is 0.317 e. The summed E-state index contributed by atoms with van der Waals surface area (Å²) in [6, 6.07) is 0.0237. The second-order valence-corrected chi connectivity index (χ2v) is 8.35. The summed E-state index contributed by atoms with van der Waals surface area (Å²) in [5, 5.41) is 6.12. The number of hydrogen-bond acceptors (Lipinski definition) is 6. The van der Waals surface area contributed by atoms with Gasteiger partial charge in [0.15, 0.2) is 5.13 Å². The molecule has 1 atom stereocenters. The predicted octanol–water partition coefficient (Wildman–Crippen LogP) is 1.72. The van der Waals surface area contributed by atoms with Gasteiger partial charge in [-0.3, -0.25) is 4.90 Å². The standard InChI is InChI=1S/C18H31N5O2S/c1-15(2)13-21-9-10-25-16(14-21)12-20-17(24)22-5-3-6-23(8-7-22)18-19-4-11-26-18/h4,11,15-16H,3,5-10,12-14H2,1-2H3,(H,20,24)/t16-/m0/s1. The molecule has 7 nitrogen and oxygen atoms in total. The third kappa shape index (κ3) is 5.56. The van der Waals surface area contributed by atoms with E-state index in [0.717, 1.165) is 64.0 Å². The molecule has 1 N–H and O–H groups in total. The van der Waals surface area contributed by atoms with Crippen LogP contribution in [-0.2, 0) is 4.74 Å². The highest BCUT2D eigenvalue weighted by Gasteiger charge is 2.24. The molecule has 2 aliphatic rings. The van der Waals surface area contributed by atoms with Gasteiger partial charge in [-0.1, -0.05) is 13.8 Å². The summed E-state index contributed by atoms with van der Waals surface area (Å²) in [6.45, 7) is 12.1. The predicted molar refractivity (Wildman–Crippen MR) is 105 cm³/mol. The second kappa shape index (κ2) is 9.53. The molecule has 0 aromatic carbocycles. The van der Waals surface area contributed by atoms with Crippen molar-refractivity contribution in [3.63, 3.8) is 0 Å². The van der Waals surface area contributed by atoms with Crippen molar-refractivity contribution in [1.29, 1.82) is 0 Å². The number of amides is 2. The summed E-state index contributed by atoms with van der Waals surface area (Å²) in [5.41, 5.74) is 0. The first-order chi connectivity index (χ1) is 12.6. The highest BCUT2D eigenvalue weighted by Crippen LogP contribution is 2.19. The van der Waals surface area contributed by atoms with Crippen LogP contribution in [-0.4, -0.2) is 85.9 Å². The van der Waals surface area contributed by atoms with Gasteiger partial charge < -0.3 is 19.9 Å². The van der Waals surface area contributed by atoms with Crippen molar-refractivity contribution in [2.45, 2.75) is 26.4 Å². The summed E-state index contributed by atoms with van der Waals surface area (Å²) in [7, 11) is 0. The van der Waals surface area contributed by atoms with Crippen LogP contribution in [0.4, 0.5) is 9.93 Å². The zero-order chi connectivity index (χ0) is 18.4. The van der Waals surface area contributed by atoms with Crippen LogP contribution in [0.1, 0.15) is 20.3 Å². The zero-order valence-corrected chi connectivity index (χ0v) is 16.7. The number of morpholine rings is 1. The molecule has 3 heterocycles. The van der Waals surface area contributed by atoms with Crippen molar-refractivity contribution < 1.29 is 9.53 Å². The number of ether oxygens (including phenoxy) is 1. The van der Waals surface area contributed by atoms with Crippen molar-refractivity contribution in [1.82, 2.24) is 20.1 Å². The van der Waals surface area contributed by atoms with Crippen LogP contribution in [0.15, 0.2) is 11.6 Å². The van der Waals surface area contributed by atoms with Crippen LogP contribution in [0.2, 0.25) is 0 Å². The van der Waals surface area contributed by atoms with Gasteiger partial charge in [0.25, 0.3) is 0 Å². The van der Waals surface area contributed by atoms with Crippen molar-refractivity contribution in [2.24, 2.45) is 5.92 Å². The van der Waals surface area contributed by atoms with E-state index in [2.05, 4.69) is 33.9 Å². The molecule has 2 aliphatic heterocycles. The molecule has 3 rings (SSSR count). The number of urea groups is 1. The molecule has 1 aromatic heterocycles. The Kier molecular flexibility index (Phi) is 7.10. The molecule has 8 heteroatoms. The molecule has 0 unspecified atom stereocenters. The van der Waals surface area contributed by atoms with E-state index in [-0.39, 0.29) is 12.1 Å². The van der Waals surface area contributed by atoms with E-state index in [0.29, 0.717) is 12.5 Å². The second-order valence-electron chi connectivity index (χ2n) is 7.47. The normalized spacial score (nSPS) is 22.5. The van der Waals surface area contributed by atoms with Gasteiger partial charge in [-0.25, -0.2) is 9.78 Å². The number of rotatable bonds is 5. The van der Waals surface area contributed by atoms with Crippen LogP contribution >= 0.6 is 11.3 Å². The Hall–Kier alpha value is -1.38. The summed E-state index contributed by atoms with van der Waals surface area (Å²) in [4.78, 5) is 23.6. The van der Waals surface area contributed by atoms with Crippen molar-refractivity contribution in [2.75, 3.05) is 63.9 Å². The quantitative estimate of drug-likeness (QED) is 0.842. The fourth-order valence-corrected chi connectivity index (χ4v) is 4.28. The van der Waals surface area contributed by atoms with Crippen molar-refractivity contribution in [3.8, 4) is 0 Å². The first-order valence-corrected chi connectivity index (χ1v) is 10.5. The first kappa shape index (κ1) is 19.4. The summed E-state index contributed by atoms with van der Waals surface area (Å²) in [6.07, 6.45) is 2.89. The number of aromatic nitrogens is 1. The number of carbonyl (C=O) groups is 1. The molecule has 0 aliphatic carbocycles. The molecule has 26 heavy (non-hydrogen) atoms. The van der Waals surface area contributed by atoms with Gasteiger partial charge in [-0.2, -0.15) is 0 Å². The highest BCUT2D eigenvalue weighted by atomic mass is 32.1. The fourth-order valence-electron chi connectivity index (χ4n) is 3.58. The SMILES string of the molecule is CC(C)CN1CCO[C@@H](CNC(=O)N2CCCN(c3nccs3)CC2)C1. The van der Waals surface area contributed by atoms with Crippen LogP contribution in [0, 0.1) is 5.92 Å². The summed E-state index contributed by atoms with van der Waals surface area (Å²) < 4.78 is 5.83. The summed E-state index contributed by atoms with van der Waals surface area (Å²) in [5.74, 6) is 0.654. The highest BCUT2D eigenvalue weighted by molar-refractivity contribution is 7.13. The number of anilines is 1. The Labute approximate surface area is 160 Å². The molecule has 0 radical (unpaired) electrons. The summed E-state index contributed by atoms with van der Waals surface area (Å²) >= 11 is 1.66. The van der Waals surface area contributed by atoms with Crippen LogP contribution < -0.4 is 10.2 Å². The Morgan fingerprint density at radius 3 is 3.00 bits per heavy atom. The van der Waals surface area contributed by atoms with Crippen molar-refractivity contribution in [3.05, 3.63) is 11.6 Å². The van der Waals surface area contributed by atoms with E-state index in [1.54, 1.807) is 11.3 Å². The number of nitrogens with one attached hydrogen (secondary N) is 1. The molecule has 2 fully saturated rings. The van der Waals surface area contributed by atoms with E-state index in [1.807, 2.05) is 16.5 Å². The topological polar surface area (TPSA) is 60.9 Å². The molecule has 0 saturated carbocycles. The number of thiazole rings is 1. The number of nitrogens with zero attached hydrogens (tertiary/aromatic N) is 4. The molecule has 146 valence electrons. The molecule has 1 aromatic rings. The van der Waals surface area contributed by atoms with Gasteiger partial charge in [0, 0.05) is 63.9 Å². The fraction of sp³-hybridized carbons (Fsp3) is 0.778. The van der Waals surface area contributed by atoms with Gasteiger partial charge >= 0.3 is 6.03 Å².